The maximum atomic E-state index is 13.1. The Morgan fingerprint density at radius 1 is 1.00 bits per heavy atom. The van der Waals surface area contributed by atoms with Gasteiger partial charge in [0.1, 0.15) is 6.33 Å². The fourth-order valence-electron chi connectivity index (χ4n) is 3.62. The van der Waals surface area contributed by atoms with Crippen LogP contribution >= 0.6 is 12.2 Å². The maximum absolute atomic E-state index is 13.1. The summed E-state index contributed by atoms with van der Waals surface area (Å²) in [5.41, 5.74) is 2.69. The Bertz CT molecular complexity index is 1190. The molecule has 0 radical (unpaired) electrons. The van der Waals surface area contributed by atoms with Crippen molar-refractivity contribution in [3.05, 3.63) is 70.8 Å². The van der Waals surface area contributed by atoms with Gasteiger partial charge in [-0.2, -0.15) is 9.40 Å². The Kier molecular flexibility index (Phi) is 5.88. The molecular weight excluding hydrogens is 418 g/mol. The van der Waals surface area contributed by atoms with E-state index in [0.29, 0.717) is 42.5 Å². The van der Waals surface area contributed by atoms with E-state index < -0.39 is 10.0 Å². The van der Waals surface area contributed by atoms with Crippen molar-refractivity contribution >= 4 is 22.2 Å². The van der Waals surface area contributed by atoms with Crippen LogP contribution in [0, 0.1) is 18.6 Å². The van der Waals surface area contributed by atoms with Crippen molar-refractivity contribution in [3.63, 3.8) is 0 Å². The lowest BCUT2D eigenvalue weighted by Gasteiger charge is -2.34. The van der Waals surface area contributed by atoms with Crippen LogP contribution in [-0.2, 0) is 16.7 Å². The van der Waals surface area contributed by atoms with E-state index >= 15 is 0 Å². The first kappa shape index (κ1) is 20.9. The van der Waals surface area contributed by atoms with Crippen molar-refractivity contribution in [1.29, 1.82) is 0 Å². The summed E-state index contributed by atoms with van der Waals surface area (Å²) >= 11 is 5.58. The summed E-state index contributed by atoms with van der Waals surface area (Å²) in [7, 11) is -3.49. The number of para-hydroxylation sites is 1. The molecule has 0 unspecified atom stereocenters. The van der Waals surface area contributed by atoms with Gasteiger partial charge in [0.15, 0.2) is 0 Å². The molecule has 7 nitrogen and oxygen atoms in total. The molecule has 0 atom stereocenters. The van der Waals surface area contributed by atoms with Gasteiger partial charge in [-0.15, -0.1) is 0 Å². The zero-order valence-electron chi connectivity index (χ0n) is 17.1. The molecule has 0 aliphatic carbocycles. The molecule has 1 saturated heterocycles. The van der Waals surface area contributed by atoms with Crippen LogP contribution in [0.25, 0.3) is 5.69 Å². The summed E-state index contributed by atoms with van der Waals surface area (Å²) in [5.74, 6) is 0. The molecule has 158 valence electrons. The number of hydrogen-bond donors (Lipinski definition) is 0. The Morgan fingerprint density at radius 2 is 1.70 bits per heavy atom. The molecule has 1 aliphatic heterocycles. The van der Waals surface area contributed by atoms with Crippen LogP contribution in [0.15, 0.2) is 59.8 Å². The normalized spacial score (nSPS) is 16.1. The van der Waals surface area contributed by atoms with Gasteiger partial charge in [0, 0.05) is 31.9 Å². The molecule has 2 heterocycles. The molecule has 0 spiro atoms. The SMILES string of the molecule is Cc1ccc(C)c(S(=O)(=O)N2CCN(Cn3ncn(-c4ccccc4)c3=S)CC2)c1. The number of benzene rings is 2. The Morgan fingerprint density at radius 3 is 2.40 bits per heavy atom. The van der Waals surface area contributed by atoms with E-state index in [1.54, 1.807) is 21.4 Å². The van der Waals surface area contributed by atoms with Gasteiger partial charge in [-0.05, 0) is 55.4 Å². The first-order valence-corrected chi connectivity index (χ1v) is 11.7. The van der Waals surface area contributed by atoms with Crippen molar-refractivity contribution in [2.75, 3.05) is 26.2 Å². The fraction of sp³-hybridized carbons (Fsp3) is 0.333. The minimum absolute atomic E-state index is 0.403. The first-order valence-electron chi connectivity index (χ1n) is 9.86. The van der Waals surface area contributed by atoms with Crippen molar-refractivity contribution in [3.8, 4) is 5.69 Å². The number of piperazine rings is 1. The monoisotopic (exact) mass is 443 g/mol. The second kappa shape index (κ2) is 8.43. The number of aromatic nitrogens is 3. The zero-order chi connectivity index (χ0) is 21.3. The maximum Gasteiger partial charge on any atom is 0.243 e. The van der Waals surface area contributed by atoms with Gasteiger partial charge >= 0.3 is 0 Å². The molecule has 4 rings (SSSR count). The van der Waals surface area contributed by atoms with Gasteiger partial charge < -0.3 is 0 Å². The lowest BCUT2D eigenvalue weighted by Crippen LogP contribution is -2.49. The minimum atomic E-state index is -3.49. The van der Waals surface area contributed by atoms with Crippen LogP contribution in [0.3, 0.4) is 0 Å². The third kappa shape index (κ3) is 4.11. The summed E-state index contributed by atoms with van der Waals surface area (Å²) in [6, 6.07) is 15.4. The topological polar surface area (TPSA) is 63.4 Å². The predicted octanol–water partition coefficient (Wildman–Crippen LogP) is 2.98. The largest absolute Gasteiger partial charge is 0.282 e. The standard InChI is InChI=1S/C21H25N5O2S2/c1-17-8-9-18(2)20(14-17)30(27,28)24-12-10-23(11-13-24)16-26-21(29)25(15-22-26)19-6-4-3-5-7-19/h3-9,14-15H,10-13,16H2,1-2H3. The van der Waals surface area contributed by atoms with Gasteiger partial charge in [0.2, 0.25) is 14.8 Å². The van der Waals surface area contributed by atoms with Crippen molar-refractivity contribution in [2.45, 2.75) is 25.4 Å². The molecule has 9 heteroatoms. The van der Waals surface area contributed by atoms with E-state index in [1.807, 2.05) is 60.9 Å². The van der Waals surface area contributed by atoms with E-state index in [0.717, 1.165) is 16.8 Å². The van der Waals surface area contributed by atoms with Crippen molar-refractivity contribution < 1.29 is 8.42 Å². The van der Waals surface area contributed by atoms with Crippen LogP contribution < -0.4 is 0 Å². The number of rotatable bonds is 5. The molecule has 0 amide bonds. The predicted molar refractivity (Wildman–Crippen MR) is 119 cm³/mol. The van der Waals surface area contributed by atoms with Gasteiger partial charge in [-0.3, -0.25) is 9.47 Å². The molecular formula is C21H25N5O2S2. The molecule has 2 aromatic carbocycles. The highest BCUT2D eigenvalue weighted by Gasteiger charge is 2.29. The quantitative estimate of drug-likeness (QED) is 0.568. The van der Waals surface area contributed by atoms with E-state index in [9.17, 15) is 8.42 Å². The van der Waals surface area contributed by atoms with Gasteiger partial charge in [0.25, 0.3) is 0 Å². The minimum Gasteiger partial charge on any atom is -0.282 e. The average molecular weight is 444 g/mol. The van der Waals surface area contributed by atoms with Gasteiger partial charge in [-0.1, -0.05) is 30.3 Å². The van der Waals surface area contributed by atoms with Crippen molar-refractivity contribution in [2.24, 2.45) is 0 Å². The van der Waals surface area contributed by atoms with E-state index in [-0.39, 0.29) is 0 Å². The molecule has 30 heavy (non-hydrogen) atoms. The number of nitrogens with zero attached hydrogens (tertiary/aromatic N) is 5. The fourth-order valence-corrected chi connectivity index (χ4v) is 5.61. The highest BCUT2D eigenvalue weighted by Crippen LogP contribution is 2.22. The van der Waals surface area contributed by atoms with Crippen LogP contribution in [0.5, 0.6) is 0 Å². The number of aryl methyl sites for hydroxylation is 2. The molecule has 0 N–H and O–H groups in total. The Labute approximate surface area is 182 Å². The first-order chi connectivity index (χ1) is 14.4. The average Bonchev–Trinajstić information content (AvgIpc) is 3.11. The van der Waals surface area contributed by atoms with E-state index in [4.69, 9.17) is 12.2 Å². The molecule has 0 saturated carbocycles. The number of hydrogen-bond acceptors (Lipinski definition) is 5. The van der Waals surface area contributed by atoms with Crippen LogP contribution in [0.4, 0.5) is 0 Å². The lowest BCUT2D eigenvalue weighted by atomic mass is 10.2. The van der Waals surface area contributed by atoms with E-state index in [2.05, 4.69) is 10.00 Å². The molecule has 1 aliphatic rings. The van der Waals surface area contributed by atoms with E-state index in [1.165, 1.54) is 0 Å². The van der Waals surface area contributed by atoms with Gasteiger partial charge in [-0.25, -0.2) is 13.1 Å². The molecule has 3 aromatic rings. The smallest absolute Gasteiger partial charge is 0.243 e. The second-order valence-corrected chi connectivity index (χ2v) is 9.82. The van der Waals surface area contributed by atoms with Crippen molar-refractivity contribution in [1.82, 2.24) is 23.6 Å². The summed E-state index contributed by atoms with van der Waals surface area (Å²) < 4.78 is 32.1. The Balaban J connectivity index is 1.44. The molecule has 1 fully saturated rings. The van der Waals surface area contributed by atoms with Crippen LogP contribution in [-0.4, -0.2) is 58.1 Å². The highest BCUT2D eigenvalue weighted by molar-refractivity contribution is 7.89. The summed E-state index contributed by atoms with van der Waals surface area (Å²) in [6.45, 7) is 6.44. The third-order valence-corrected chi connectivity index (χ3v) is 7.84. The summed E-state index contributed by atoms with van der Waals surface area (Å²) in [4.78, 5) is 2.58. The second-order valence-electron chi connectivity index (χ2n) is 7.55. The van der Waals surface area contributed by atoms with Crippen LogP contribution in [0.2, 0.25) is 0 Å². The Hall–Kier alpha value is -2.33. The lowest BCUT2D eigenvalue weighted by molar-refractivity contribution is 0.144. The molecule has 1 aromatic heterocycles. The molecule has 0 bridgehead atoms. The summed E-state index contributed by atoms with van der Waals surface area (Å²) in [5, 5.41) is 4.42. The third-order valence-electron chi connectivity index (χ3n) is 5.39. The van der Waals surface area contributed by atoms with Crippen LogP contribution in [0.1, 0.15) is 11.1 Å². The highest BCUT2D eigenvalue weighted by atomic mass is 32.2. The summed E-state index contributed by atoms with van der Waals surface area (Å²) in [6.07, 6.45) is 1.72. The van der Waals surface area contributed by atoms with Gasteiger partial charge in [0.05, 0.1) is 11.6 Å². The number of sulfonamides is 1. The zero-order valence-corrected chi connectivity index (χ0v) is 18.7.